The molecular weight excluding hydrogens is 284 g/mol. The predicted molar refractivity (Wildman–Crippen MR) is 84.2 cm³/mol. The molecule has 0 unspecified atom stereocenters. The van der Waals surface area contributed by atoms with Crippen molar-refractivity contribution in [3.63, 3.8) is 0 Å². The summed E-state index contributed by atoms with van der Waals surface area (Å²) in [4.78, 5) is 40.4. The molecule has 2 heterocycles. The lowest BCUT2D eigenvalue weighted by Crippen LogP contribution is -2.38. The molecule has 0 saturated heterocycles. The molecule has 0 radical (unpaired) electrons. The molecule has 0 aromatic carbocycles. The molecule has 7 nitrogen and oxygen atoms in total. The van der Waals surface area contributed by atoms with Crippen LogP contribution in [0.4, 0.5) is 0 Å². The molecular formula is C15H22N4O3. The fourth-order valence-electron chi connectivity index (χ4n) is 2.53. The van der Waals surface area contributed by atoms with Crippen molar-refractivity contribution in [3.05, 3.63) is 27.2 Å². The first kappa shape index (κ1) is 16.2. The fourth-order valence-corrected chi connectivity index (χ4v) is 2.53. The van der Waals surface area contributed by atoms with Crippen LogP contribution < -0.4 is 11.2 Å². The highest BCUT2D eigenvalue weighted by molar-refractivity contribution is 5.88. The van der Waals surface area contributed by atoms with Crippen LogP contribution in [0.2, 0.25) is 0 Å². The van der Waals surface area contributed by atoms with Gasteiger partial charge in [-0.3, -0.25) is 23.3 Å². The third-order valence-electron chi connectivity index (χ3n) is 3.91. The maximum atomic E-state index is 12.3. The summed E-state index contributed by atoms with van der Waals surface area (Å²) in [5.74, 6) is -0.158. The van der Waals surface area contributed by atoms with Crippen LogP contribution in [0, 0.1) is 0 Å². The number of nitrogens with zero attached hydrogens (tertiary/aromatic N) is 4. The fraction of sp³-hybridized carbons (Fsp3) is 0.600. The zero-order chi connectivity index (χ0) is 16.3. The maximum absolute atomic E-state index is 12.3. The van der Waals surface area contributed by atoms with Gasteiger partial charge in [0.2, 0.25) is 5.91 Å². The summed E-state index contributed by atoms with van der Waals surface area (Å²) in [7, 11) is 2.94. The van der Waals surface area contributed by atoms with E-state index in [1.807, 2.05) is 0 Å². The minimum absolute atomic E-state index is 0.158. The van der Waals surface area contributed by atoms with Crippen molar-refractivity contribution >= 4 is 17.1 Å². The number of carbonyl (C=O) groups is 1. The van der Waals surface area contributed by atoms with Crippen molar-refractivity contribution in [1.29, 1.82) is 0 Å². The zero-order valence-corrected chi connectivity index (χ0v) is 13.3. The highest BCUT2D eigenvalue weighted by Crippen LogP contribution is 2.10. The van der Waals surface area contributed by atoms with Crippen molar-refractivity contribution in [3.8, 4) is 0 Å². The number of unbranched alkanes of at least 4 members (excludes halogenated alkanes) is 4. The van der Waals surface area contributed by atoms with Crippen molar-refractivity contribution in [2.75, 3.05) is 0 Å². The lowest BCUT2D eigenvalue weighted by atomic mass is 10.1. The summed E-state index contributed by atoms with van der Waals surface area (Å²) < 4.78 is 3.55. The first-order valence-corrected chi connectivity index (χ1v) is 7.65. The molecule has 0 aliphatic heterocycles. The van der Waals surface area contributed by atoms with Crippen LogP contribution >= 0.6 is 0 Å². The van der Waals surface area contributed by atoms with E-state index in [9.17, 15) is 14.4 Å². The Labute approximate surface area is 128 Å². The number of hydrogen-bond acceptors (Lipinski definition) is 4. The van der Waals surface area contributed by atoms with E-state index in [0.717, 1.165) is 30.3 Å². The molecule has 0 saturated carbocycles. The lowest BCUT2D eigenvalue weighted by Gasteiger charge is -2.05. The van der Waals surface area contributed by atoms with Gasteiger partial charge in [-0.15, -0.1) is 0 Å². The molecule has 0 N–H and O–H groups in total. The average molecular weight is 306 g/mol. The molecule has 7 heteroatoms. The van der Waals surface area contributed by atoms with E-state index in [1.165, 1.54) is 36.0 Å². The van der Waals surface area contributed by atoms with E-state index in [0.29, 0.717) is 6.42 Å². The Hall–Kier alpha value is -2.18. The van der Waals surface area contributed by atoms with Crippen LogP contribution in [0.15, 0.2) is 15.9 Å². The highest BCUT2D eigenvalue weighted by Gasteiger charge is 2.17. The third kappa shape index (κ3) is 2.88. The Morgan fingerprint density at radius 3 is 2.45 bits per heavy atom. The molecule has 22 heavy (non-hydrogen) atoms. The molecule has 0 aliphatic carbocycles. The van der Waals surface area contributed by atoms with E-state index in [4.69, 9.17) is 0 Å². The van der Waals surface area contributed by atoms with Gasteiger partial charge in [0, 0.05) is 20.5 Å². The number of rotatable bonds is 6. The largest absolute Gasteiger partial charge is 0.332 e. The second-order valence-electron chi connectivity index (χ2n) is 5.55. The Kier molecular flexibility index (Phi) is 4.95. The van der Waals surface area contributed by atoms with Gasteiger partial charge in [-0.1, -0.05) is 32.6 Å². The average Bonchev–Trinajstić information content (AvgIpc) is 2.95. The van der Waals surface area contributed by atoms with Gasteiger partial charge >= 0.3 is 5.69 Å². The zero-order valence-electron chi connectivity index (χ0n) is 13.3. The molecule has 0 spiro atoms. The van der Waals surface area contributed by atoms with Crippen molar-refractivity contribution < 1.29 is 4.79 Å². The summed E-state index contributed by atoms with van der Waals surface area (Å²) >= 11 is 0. The van der Waals surface area contributed by atoms with Crippen LogP contribution in [-0.2, 0) is 14.1 Å². The molecule has 2 rings (SSSR count). The Balaban J connectivity index is 2.28. The van der Waals surface area contributed by atoms with Crippen LogP contribution in [0.3, 0.4) is 0 Å². The highest BCUT2D eigenvalue weighted by atomic mass is 16.2. The summed E-state index contributed by atoms with van der Waals surface area (Å²) in [6, 6.07) is 0. The molecule has 0 bridgehead atoms. The number of hydrogen-bond donors (Lipinski definition) is 0. The Bertz CT molecular complexity index is 797. The first-order chi connectivity index (χ1) is 10.5. The summed E-state index contributed by atoms with van der Waals surface area (Å²) in [5.41, 5.74) is -0.528. The van der Waals surface area contributed by atoms with E-state index in [1.54, 1.807) is 0 Å². The van der Waals surface area contributed by atoms with E-state index in [2.05, 4.69) is 11.9 Å². The second kappa shape index (κ2) is 6.72. The first-order valence-electron chi connectivity index (χ1n) is 7.65. The van der Waals surface area contributed by atoms with Crippen LogP contribution in [0.25, 0.3) is 11.2 Å². The van der Waals surface area contributed by atoms with Crippen molar-refractivity contribution in [2.45, 2.75) is 45.4 Å². The molecule has 2 aromatic rings. The second-order valence-corrected chi connectivity index (χ2v) is 5.55. The van der Waals surface area contributed by atoms with Gasteiger partial charge in [-0.05, 0) is 6.42 Å². The molecule has 120 valence electrons. The van der Waals surface area contributed by atoms with Gasteiger partial charge in [0.15, 0.2) is 11.2 Å². The van der Waals surface area contributed by atoms with Gasteiger partial charge in [0.25, 0.3) is 5.56 Å². The van der Waals surface area contributed by atoms with E-state index in [-0.39, 0.29) is 17.1 Å². The third-order valence-corrected chi connectivity index (χ3v) is 3.91. The summed E-state index contributed by atoms with van der Waals surface area (Å²) in [6.07, 6.45) is 6.95. The summed E-state index contributed by atoms with van der Waals surface area (Å²) in [5, 5.41) is 0. The normalized spacial score (nSPS) is 11.2. The van der Waals surface area contributed by atoms with Crippen LogP contribution in [0.1, 0.15) is 50.2 Å². The predicted octanol–water partition coefficient (Wildman–Crippen LogP) is 1.43. The van der Waals surface area contributed by atoms with Gasteiger partial charge in [0.1, 0.15) is 6.33 Å². The number of carbonyl (C=O) groups excluding carboxylic acids is 1. The molecule has 2 aromatic heterocycles. The number of imidazole rings is 1. The maximum Gasteiger partial charge on any atom is 0.332 e. The van der Waals surface area contributed by atoms with Gasteiger partial charge in [0.05, 0.1) is 0 Å². The van der Waals surface area contributed by atoms with Gasteiger partial charge in [-0.2, -0.15) is 0 Å². The molecule has 0 amide bonds. The van der Waals surface area contributed by atoms with Crippen molar-refractivity contribution in [1.82, 2.24) is 18.7 Å². The molecule has 0 atom stereocenters. The minimum Gasteiger partial charge on any atom is -0.279 e. The number of aryl methyl sites for hydroxylation is 1. The van der Waals surface area contributed by atoms with E-state index >= 15 is 0 Å². The molecule has 0 fully saturated rings. The van der Waals surface area contributed by atoms with Crippen LogP contribution in [0.5, 0.6) is 0 Å². The molecule has 0 aliphatic rings. The standard InChI is InChI=1S/C15H22N4O3/c1-4-5-6-7-8-9-11(20)19-10-16-13-12(19)14(21)18(3)15(22)17(13)2/h10H,4-9H2,1-3H3. The van der Waals surface area contributed by atoms with Gasteiger partial charge < -0.3 is 0 Å². The van der Waals surface area contributed by atoms with Gasteiger partial charge in [-0.25, -0.2) is 9.78 Å². The van der Waals surface area contributed by atoms with Crippen molar-refractivity contribution in [2.24, 2.45) is 14.1 Å². The Morgan fingerprint density at radius 1 is 1.09 bits per heavy atom. The van der Waals surface area contributed by atoms with E-state index < -0.39 is 11.2 Å². The van der Waals surface area contributed by atoms with Crippen LogP contribution in [-0.4, -0.2) is 24.6 Å². The minimum atomic E-state index is -0.491. The topological polar surface area (TPSA) is 78.9 Å². The quantitative estimate of drug-likeness (QED) is 0.756. The Morgan fingerprint density at radius 2 is 1.77 bits per heavy atom. The number of aromatic nitrogens is 4. The SMILES string of the molecule is CCCCCCCC(=O)n1cnc2c1c(=O)n(C)c(=O)n2C. The summed E-state index contributed by atoms with van der Waals surface area (Å²) in [6.45, 7) is 2.14. The number of fused-ring (bicyclic) bond motifs is 1. The smallest absolute Gasteiger partial charge is 0.279 e. The monoisotopic (exact) mass is 306 g/mol. The lowest BCUT2D eigenvalue weighted by molar-refractivity contribution is 0.0903.